The van der Waals surface area contributed by atoms with Gasteiger partial charge in [0.05, 0.1) is 38.6 Å². The number of sulfonamides is 1. The van der Waals surface area contributed by atoms with Crippen LogP contribution in [0.3, 0.4) is 0 Å². The third-order valence-electron chi connectivity index (χ3n) is 3.94. The summed E-state index contributed by atoms with van der Waals surface area (Å²) in [6.45, 7) is 0.492. The first-order valence-corrected chi connectivity index (χ1v) is 11.2. The molecule has 10 heteroatoms. The molecule has 0 saturated carbocycles. The molecule has 0 radical (unpaired) electrons. The highest BCUT2D eigenvalue weighted by Gasteiger charge is 2.17. The first-order chi connectivity index (χ1) is 13.8. The Morgan fingerprint density at radius 2 is 1.86 bits per heavy atom. The Kier molecular flexibility index (Phi) is 8.72. The summed E-state index contributed by atoms with van der Waals surface area (Å²) in [6.07, 6.45) is 0.629. The van der Waals surface area contributed by atoms with Gasteiger partial charge in [0.1, 0.15) is 4.90 Å². The van der Waals surface area contributed by atoms with E-state index in [2.05, 4.69) is 4.98 Å². The van der Waals surface area contributed by atoms with Crippen LogP contribution in [0.25, 0.3) is 0 Å². The molecule has 0 amide bonds. The second kappa shape index (κ2) is 10.8. The lowest BCUT2D eigenvalue weighted by Gasteiger charge is -2.13. The van der Waals surface area contributed by atoms with Crippen LogP contribution in [0, 0.1) is 0 Å². The van der Waals surface area contributed by atoms with E-state index in [4.69, 9.17) is 14.2 Å². The quantitative estimate of drug-likeness (QED) is 0.528. The van der Waals surface area contributed by atoms with E-state index >= 15 is 0 Å². The van der Waals surface area contributed by atoms with Crippen molar-refractivity contribution < 1.29 is 27.7 Å². The van der Waals surface area contributed by atoms with Crippen LogP contribution < -0.4 is 9.47 Å². The molecule has 0 spiro atoms. The fourth-order valence-electron chi connectivity index (χ4n) is 2.33. The summed E-state index contributed by atoms with van der Waals surface area (Å²) in [6, 6.07) is 8.63. The monoisotopic (exact) mass is 442 g/mol. The topological polar surface area (TPSA) is 98.2 Å². The lowest BCUT2D eigenvalue weighted by atomic mass is 10.2. The zero-order valence-electron chi connectivity index (χ0n) is 16.9. The highest BCUT2D eigenvalue weighted by molar-refractivity contribution is 7.99. The van der Waals surface area contributed by atoms with Gasteiger partial charge in [0.15, 0.2) is 11.5 Å². The van der Waals surface area contributed by atoms with E-state index in [0.29, 0.717) is 28.9 Å². The van der Waals surface area contributed by atoms with Gasteiger partial charge in [-0.25, -0.2) is 17.7 Å². The van der Waals surface area contributed by atoms with Gasteiger partial charge in [0.2, 0.25) is 10.0 Å². The number of methoxy groups -OCH3 is 2. The van der Waals surface area contributed by atoms with Crippen LogP contribution in [0.1, 0.15) is 5.56 Å². The fraction of sp³-hybridized carbons (Fsp3) is 0.421. The highest BCUT2D eigenvalue weighted by atomic mass is 32.2. The standard InChI is InChI=1S/C19H26N2O6S2/c1-21(2)29(23,24)16-6-8-19(20-10-16)28-13-15(22)12-27-11-14-5-7-17(25-3)18(9-14)26-4/h5-10,15,22H,11-13H2,1-4H3. The van der Waals surface area contributed by atoms with Gasteiger partial charge in [0, 0.05) is 26.0 Å². The average Bonchev–Trinajstić information content (AvgIpc) is 2.72. The average molecular weight is 443 g/mol. The molecule has 1 N–H and O–H groups in total. The molecule has 1 aromatic carbocycles. The van der Waals surface area contributed by atoms with E-state index < -0.39 is 16.1 Å². The van der Waals surface area contributed by atoms with E-state index in [1.165, 1.54) is 38.1 Å². The Labute approximate surface area is 175 Å². The minimum Gasteiger partial charge on any atom is -0.493 e. The van der Waals surface area contributed by atoms with E-state index in [1.54, 1.807) is 26.4 Å². The normalized spacial score (nSPS) is 12.8. The Balaban J connectivity index is 1.79. The summed E-state index contributed by atoms with van der Waals surface area (Å²) < 4.78 is 41.2. The van der Waals surface area contributed by atoms with E-state index in [-0.39, 0.29) is 11.5 Å². The smallest absolute Gasteiger partial charge is 0.244 e. The van der Waals surface area contributed by atoms with Gasteiger partial charge in [-0.15, -0.1) is 11.8 Å². The van der Waals surface area contributed by atoms with E-state index in [1.807, 2.05) is 12.1 Å². The molecular weight excluding hydrogens is 416 g/mol. The van der Waals surface area contributed by atoms with Gasteiger partial charge in [-0.05, 0) is 29.8 Å². The van der Waals surface area contributed by atoms with Gasteiger partial charge in [-0.3, -0.25) is 0 Å². The number of aliphatic hydroxyl groups excluding tert-OH is 1. The molecule has 0 bridgehead atoms. The molecule has 0 aliphatic rings. The Hall–Kier alpha value is -1.85. The Morgan fingerprint density at radius 1 is 1.14 bits per heavy atom. The van der Waals surface area contributed by atoms with Crippen molar-refractivity contribution in [2.24, 2.45) is 0 Å². The molecule has 1 unspecified atom stereocenters. The third kappa shape index (κ3) is 6.58. The van der Waals surface area contributed by atoms with Crippen molar-refractivity contribution in [2.45, 2.75) is 22.6 Å². The van der Waals surface area contributed by atoms with E-state index in [0.717, 1.165) is 9.87 Å². The van der Waals surface area contributed by atoms with Gasteiger partial charge in [-0.1, -0.05) is 6.07 Å². The molecule has 1 aromatic heterocycles. The summed E-state index contributed by atoms with van der Waals surface area (Å²) in [7, 11) is 2.58. The third-order valence-corrected chi connectivity index (χ3v) is 6.83. The number of thioether (sulfide) groups is 1. The number of hydrogen-bond acceptors (Lipinski definition) is 8. The largest absolute Gasteiger partial charge is 0.493 e. The Bertz CT molecular complexity index is 888. The minimum atomic E-state index is -3.50. The molecule has 160 valence electrons. The minimum absolute atomic E-state index is 0.130. The first kappa shape index (κ1) is 23.4. The van der Waals surface area contributed by atoms with Crippen molar-refractivity contribution in [1.29, 1.82) is 0 Å². The van der Waals surface area contributed by atoms with Crippen LogP contribution in [0.5, 0.6) is 11.5 Å². The predicted molar refractivity (Wildman–Crippen MR) is 111 cm³/mol. The molecule has 8 nitrogen and oxygen atoms in total. The summed E-state index contributed by atoms with van der Waals surface area (Å²) in [4.78, 5) is 4.27. The van der Waals surface area contributed by atoms with Crippen molar-refractivity contribution in [3.05, 3.63) is 42.1 Å². The summed E-state index contributed by atoms with van der Waals surface area (Å²) in [5.41, 5.74) is 0.904. The van der Waals surface area contributed by atoms with Crippen LogP contribution in [-0.4, -0.2) is 69.6 Å². The van der Waals surface area contributed by atoms with Crippen molar-refractivity contribution in [3.63, 3.8) is 0 Å². The molecule has 0 saturated heterocycles. The van der Waals surface area contributed by atoms with Crippen molar-refractivity contribution in [2.75, 3.05) is 40.7 Å². The van der Waals surface area contributed by atoms with Crippen LogP contribution in [-0.2, 0) is 21.4 Å². The number of benzene rings is 1. The maximum atomic E-state index is 12.0. The highest BCUT2D eigenvalue weighted by Crippen LogP contribution is 2.27. The number of pyridine rings is 1. The maximum absolute atomic E-state index is 12.0. The number of aromatic nitrogens is 1. The molecule has 0 aliphatic carbocycles. The molecular formula is C19H26N2O6S2. The van der Waals surface area contributed by atoms with Crippen LogP contribution in [0.2, 0.25) is 0 Å². The number of rotatable bonds is 11. The lowest BCUT2D eigenvalue weighted by Crippen LogP contribution is -2.22. The number of aliphatic hydroxyl groups is 1. The molecule has 2 aromatic rings. The number of nitrogens with zero attached hydrogens (tertiary/aromatic N) is 2. The predicted octanol–water partition coefficient (Wildman–Crippen LogP) is 2.02. The summed E-state index contributed by atoms with van der Waals surface area (Å²) >= 11 is 1.33. The second-order valence-electron chi connectivity index (χ2n) is 6.29. The van der Waals surface area contributed by atoms with Gasteiger partial charge in [-0.2, -0.15) is 0 Å². The second-order valence-corrected chi connectivity index (χ2v) is 9.48. The van der Waals surface area contributed by atoms with Gasteiger partial charge in [0.25, 0.3) is 0 Å². The zero-order valence-corrected chi connectivity index (χ0v) is 18.5. The van der Waals surface area contributed by atoms with Crippen LogP contribution in [0.15, 0.2) is 46.5 Å². The van der Waals surface area contributed by atoms with Crippen LogP contribution in [0.4, 0.5) is 0 Å². The van der Waals surface area contributed by atoms with Crippen LogP contribution >= 0.6 is 11.8 Å². The molecule has 29 heavy (non-hydrogen) atoms. The summed E-state index contributed by atoms with van der Waals surface area (Å²) in [5, 5.41) is 10.7. The molecule has 1 heterocycles. The SMILES string of the molecule is COc1ccc(COCC(O)CSc2ccc(S(=O)(=O)N(C)C)cn2)cc1OC. The number of ether oxygens (including phenoxy) is 3. The Morgan fingerprint density at radius 3 is 2.45 bits per heavy atom. The van der Waals surface area contributed by atoms with Crippen molar-refractivity contribution >= 4 is 21.8 Å². The first-order valence-electron chi connectivity index (χ1n) is 8.76. The summed E-state index contributed by atoms with van der Waals surface area (Å²) in [5.74, 6) is 1.64. The molecule has 2 rings (SSSR count). The van der Waals surface area contributed by atoms with Crippen molar-refractivity contribution in [1.82, 2.24) is 9.29 Å². The maximum Gasteiger partial charge on any atom is 0.244 e. The zero-order chi connectivity index (χ0) is 21.4. The number of hydrogen-bond donors (Lipinski definition) is 1. The lowest BCUT2D eigenvalue weighted by molar-refractivity contribution is 0.0397. The molecule has 1 atom stereocenters. The molecule has 0 aliphatic heterocycles. The molecule has 0 fully saturated rings. The van der Waals surface area contributed by atoms with Gasteiger partial charge >= 0.3 is 0 Å². The fourth-order valence-corrected chi connectivity index (χ4v) is 3.93. The van der Waals surface area contributed by atoms with Gasteiger partial charge < -0.3 is 19.3 Å². The van der Waals surface area contributed by atoms with E-state index in [9.17, 15) is 13.5 Å². The van der Waals surface area contributed by atoms with Crippen molar-refractivity contribution in [3.8, 4) is 11.5 Å².